The van der Waals surface area contributed by atoms with Gasteiger partial charge < -0.3 is 9.64 Å². The van der Waals surface area contributed by atoms with Gasteiger partial charge in [0.05, 0.1) is 13.7 Å². The van der Waals surface area contributed by atoms with Crippen LogP contribution < -0.4 is 4.74 Å². The summed E-state index contributed by atoms with van der Waals surface area (Å²) in [6.07, 6.45) is 0. The lowest BCUT2D eigenvalue weighted by molar-refractivity contribution is 0.0858. The van der Waals surface area contributed by atoms with E-state index in [2.05, 4.69) is 16.7 Å². The van der Waals surface area contributed by atoms with Crippen LogP contribution in [0.25, 0.3) is 0 Å². The molecule has 0 spiro atoms. The maximum atomic E-state index is 12.5. The molecule has 0 aromatic heterocycles. The van der Waals surface area contributed by atoms with Gasteiger partial charge in [0, 0.05) is 31.7 Å². The van der Waals surface area contributed by atoms with Crippen molar-refractivity contribution in [1.82, 2.24) is 9.80 Å². The molecule has 4 heteroatoms. The van der Waals surface area contributed by atoms with Crippen molar-refractivity contribution in [1.29, 1.82) is 0 Å². The largest absolute Gasteiger partial charge is 0.496 e. The molecule has 0 amide bonds. The molecule has 1 aromatic carbocycles. The third-order valence-electron chi connectivity index (χ3n) is 4.54. The van der Waals surface area contributed by atoms with E-state index < -0.39 is 0 Å². The molecule has 0 bridgehead atoms. The van der Waals surface area contributed by atoms with Gasteiger partial charge in [-0.25, -0.2) is 0 Å². The molecule has 2 rings (SSSR count). The summed E-state index contributed by atoms with van der Waals surface area (Å²) in [6, 6.07) is 3.79. The first-order chi connectivity index (χ1) is 10.1. The van der Waals surface area contributed by atoms with Crippen molar-refractivity contribution in [2.45, 2.75) is 20.8 Å². The number of carbonyl (C=O) groups excluding carboxylic acids is 1. The average molecular weight is 290 g/mol. The predicted octanol–water partition coefficient (Wildman–Crippen LogP) is 2.13. The lowest BCUT2D eigenvalue weighted by Crippen LogP contribution is -2.47. The molecule has 0 unspecified atom stereocenters. The quantitative estimate of drug-likeness (QED) is 0.778. The highest BCUT2D eigenvalue weighted by molar-refractivity contribution is 5.99. The van der Waals surface area contributed by atoms with Crippen molar-refractivity contribution >= 4 is 5.78 Å². The first-order valence-electron chi connectivity index (χ1n) is 7.69. The molecule has 1 aromatic rings. The molecule has 1 heterocycles. The standard InChI is InChI=1S/C17H26N2O2/c1-5-18-8-10-19(11-9-18)12-16(20)15-6-7-17(21-4)14(3)13(15)2/h6-7H,5,8-12H2,1-4H3. The van der Waals surface area contributed by atoms with Gasteiger partial charge in [-0.1, -0.05) is 6.92 Å². The first-order valence-corrected chi connectivity index (χ1v) is 7.69. The Balaban J connectivity index is 2.03. The van der Waals surface area contributed by atoms with Gasteiger partial charge in [0.25, 0.3) is 0 Å². The Bertz CT molecular complexity index is 506. The lowest BCUT2D eigenvalue weighted by Gasteiger charge is -2.33. The molecular formula is C17H26N2O2. The zero-order valence-corrected chi connectivity index (χ0v) is 13.6. The minimum atomic E-state index is 0.211. The van der Waals surface area contributed by atoms with Crippen LogP contribution in [0, 0.1) is 13.8 Å². The van der Waals surface area contributed by atoms with Crippen LogP contribution in [0.5, 0.6) is 5.75 Å². The van der Waals surface area contributed by atoms with E-state index in [-0.39, 0.29) is 5.78 Å². The van der Waals surface area contributed by atoms with Crippen LogP contribution in [-0.4, -0.2) is 62.0 Å². The smallest absolute Gasteiger partial charge is 0.177 e. The summed E-state index contributed by atoms with van der Waals surface area (Å²) in [5, 5.41) is 0. The van der Waals surface area contributed by atoms with Gasteiger partial charge in [0.15, 0.2) is 5.78 Å². The number of Topliss-reactive ketones (excluding diaryl/α,β-unsaturated/α-hetero) is 1. The SMILES string of the molecule is CCN1CCN(CC(=O)c2ccc(OC)c(C)c2C)CC1. The first kappa shape index (κ1) is 16.0. The number of hydrogen-bond acceptors (Lipinski definition) is 4. The van der Waals surface area contributed by atoms with E-state index in [0.29, 0.717) is 6.54 Å². The number of methoxy groups -OCH3 is 1. The van der Waals surface area contributed by atoms with Crippen molar-refractivity contribution in [2.24, 2.45) is 0 Å². The van der Waals surface area contributed by atoms with Crippen LogP contribution in [0.4, 0.5) is 0 Å². The van der Waals surface area contributed by atoms with E-state index >= 15 is 0 Å². The summed E-state index contributed by atoms with van der Waals surface area (Å²) in [5.74, 6) is 1.06. The minimum absolute atomic E-state index is 0.211. The van der Waals surface area contributed by atoms with Gasteiger partial charge in [-0.05, 0) is 43.7 Å². The summed E-state index contributed by atoms with van der Waals surface area (Å²) < 4.78 is 5.31. The number of carbonyl (C=O) groups is 1. The summed E-state index contributed by atoms with van der Waals surface area (Å²) in [6.45, 7) is 11.9. The van der Waals surface area contributed by atoms with Crippen LogP contribution >= 0.6 is 0 Å². The van der Waals surface area contributed by atoms with Crippen molar-refractivity contribution < 1.29 is 9.53 Å². The second kappa shape index (κ2) is 7.05. The second-order valence-electron chi connectivity index (χ2n) is 5.70. The van der Waals surface area contributed by atoms with Gasteiger partial charge in [0.2, 0.25) is 0 Å². The van der Waals surface area contributed by atoms with Crippen molar-refractivity contribution in [2.75, 3.05) is 46.4 Å². The van der Waals surface area contributed by atoms with Crippen LogP contribution in [-0.2, 0) is 0 Å². The van der Waals surface area contributed by atoms with Crippen LogP contribution in [0.2, 0.25) is 0 Å². The predicted molar refractivity (Wildman–Crippen MR) is 85.4 cm³/mol. The fraction of sp³-hybridized carbons (Fsp3) is 0.588. The third kappa shape index (κ3) is 3.63. The molecule has 1 aliphatic heterocycles. The maximum absolute atomic E-state index is 12.5. The Morgan fingerprint density at radius 2 is 1.71 bits per heavy atom. The number of nitrogens with zero attached hydrogens (tertiary/aromatic N) is 2. The summed E-state index contributed by atoms with van der Waals surface area (Å²) in [5.41, 5.74) is 2.91. The van der Waals surface area contributed by atoms with Crippen molar-refractivity contribution in [3.63, 3.8) is 0 Å². The van der Waals surface area contributed by atoms with Gasteiger partial charge in [0.1, 0.15) is 5.75 Å². The van der Waals surface area contributed by atoms with E-state index in [1.807, 2.05) is 26.0 Å². The Kier molecular flexibility index (Phi) is 5.37. The van der Waals surface area contributed by atoms with E-state index in [1.54, 1.807) is 7.11 Å². The van der Waals surface area contributed by atoms with E-state index in [4.69, 9.17) is 4.74 Å². The number of hydrogen-bond donors (Lipinski definition) is 0. The van der Waals surface area contributed by atoms with Gasteiger partial charge in [-0.3, -0.25) is 9.69 Å². The maximum Gasteiger partial charge on any atom is 0.177 e. The highest BCUT2D eigenvalue weighted by Crippen LogP contribution is 2.24. The van der Waals surface area contributed by atoms with Crippen LogP contribution in [0.15, 0.2) is 12.1 Å². The molecule has 21 heavy (non-hydrogen) atoms. The van der Waals surface area contributed by atoms with E-state index in [1.165, 1.54) is 0 Å². The van der Waals surface area contributed by atoms with Gasteiger partial charge >= 0.3 is 0 Å². The number of ether oxygens (including phenoxy) is 1. The molecule has 0 radical (unpaired) electrons. The number of ketones is 1. The monoisotopic (exact) mass is 290 g/mol. The summed E-state index contributed by atoms with van der Waals surface area (Å²) in [7, 11) is 1.66. The van der Waals surface area contributed by atoms with Crippen LogP contribution in [0.3, 0.4) is 0 Å². The van der Waals surface area contributed by atoms with Gasteiger partial charge in [-0.2, -0.15) is 0 Å². The molecule has 0 saturated carbocycles. The van der Waals surface area contributed by atoms with E-state index in [9.17, 15) is 4.79 Å². The van der Waals surface area contributed by atoms with Gasteiger partial charge in [-0.15, -0.1) is 0 Å². The molecular weight excluding hydrogens is 264 g/mol. The number of benzene rings is 1. The number of likely N-dealkylation sites (N-methyl/N-ethyl adjacent to an activating group) is 1. The zero-order chi connectivity index (χ0) is 15.4. The molecule has 4 nitrogen and oxygen atoms in total. The topological polar surface area (TPSA) is 32.8 Å². The lowest BCUT2D eigenvalue weighted by atomic mass is 9.99. The third-order valence-corrected chi connectivity index (χ3v) is 4.54. The second-order valence-corrected chi connectivity index (χ2v) is 5.70. The van der Waals surface area contributed by atoms with Crippen molar-refractivity contribution in [3.8, 4) is 5.75 Å². The van der Waals surface area contributed by atoms with Crippen LogP contribution in [0.1, 0.15) is 28.4 Å². The highest BCUT2D eigenvalue weighted by Gasteiger charge is 2.20. The fourth-order valence-corrected chi connectivity index (χ4v) is 2.87. The normalized spacial score (nSPS) is 17.0. The van der Waals surface area contributed by atoms with Crippen molar-refractivity contribution in [3.05, 3.63) is 28.8 Å². The number of piperazine rings is 1. The molecule has 116 valence electrons. The minimum Gasteiger partial charge on any atom is -0.496 e. The fourth-order valence-electron chi connectivity index (χ4n) is 2.87. The molecule has 1 saturated heterocycles. The molecule has 0 atom stereocenters. The van der Waals surface area contributed by atoms with E-state index in [0.717, 1.165) is 55.2 Å². The Morgan fingerprint density at radius 1 is 1.10 bits per heavy atom. The average Bonchev–Trinajstić information content (AvgIpc) is 2.50. The summed E-state index contributed by atoms with van der Waals surface area (Å²) >= 11 is 0. The molecule has 0 aliphatic carbocycles. The number of rotatable bonds is 5. The molecule has 0 N–H and O–H groups in total. The Hall–Kier alpha value is -1.39. The molecule has 1 fully saturated rings. The zero-order valence-electron chi connectivity index (χ0n) is 13.6. The molecule has 1 aliphatic rings. The highest BCUT2D eigenvalue weighted by atomic mass is 16.5. The Labute approximate surface area is 127 Å². The summed E-state index contributed by atoms with van der Waals surface area (Å²) in [4.78, 5) is 17.2. The Morgan fingerprint density at radius 3 is 2.29 bits per heavy atom.